The molecule has 0 aliphatic carbocycles. The lowest BCUT2D eigenvalue weighted by Crippen LogP contribution is -2.23. The molecule has 0 aliphatic heterocycles. The fourth-order valence-electron chi connectivity index (χ4n) is 3.80. The molecule has 0 unspecified atom stereocenters. The van der Waals surface area contributed by atoms with Crippen LogP contribution in [0.3, 0.4) is 0 Å². The van der Waals surface area contributed by atoms with Crippen molar-refractivity contribution in [2.75, 3.05) is 12.8 Å². The smallest absolute Gasteiger partial charge is 0.0759 e. The van der Waals surface area contributed by atoms with Crippen LogP contribution in [0, 0.1) is 0 Å². The van der Waals surface area contributed by atoms with Crippen LogP contribution in [0.4, 0.5) is 0 Å². The highest BCUT2D eigenvalue weighted by atomic mass is 32.2. The summed E-state index contributed by atoms with van der Waals surface area (Å²) in [6.07, 6.45) is 0. The number of nitrogens with zero attached hydrogens (tertiary/aromatic N) is 1. The van der Waals surface area contributed by atoms with Gasteiger partial charge in [-0.25, -0.2) is 8.57 Å². The van der Waals surface area contributed by atoms with E-state index in [9.17, 15) is 4.21 Å². The molecule has 0 spiro atoms. The Kier molecular flexibility index (Phi) is 6.96. The highest BCUT2D eigenvalue weighted by Gasteiger charge is 2.30. The van der Waals surface area contributed by atoms with Crippen LogP contribution >= 0.6 is 7.92 Å². The lowest BCUT2D eigenvalue weighted by molar-refractivity contribution is 0.674. The molecule has 0 amide bonds. The highest BCUT2D eigenvalue weighted by Crippen LogP contribution is 2.50. The third kappa shape index (κ3) is 4.95. The van der Waals surface area contributed by atoms with Crippen LogP contribution in [0.15, 0.2) is 131 Å². The highest BCUT2D eigenvalue weighted by molar-refractivity contribution is 7.94. The third-order valence-corrected chi connectivity index (χ3v) is 10.8. The largest absolute Gasteiger partial charge is 0.245 e. The van der Waals surface area contributed by atoms with Crippen molar-refractivity contribution >= 4 is 28.3 Å². The normalized spacial score (nSPS) is 14.0. The zero-order valence-corrected chi connectivity index (χ0v) is 19.3. The summed E-state index contributed by atoms with van der Waals surface area (Å²) in [6.45, 7) is 0. The minimum Gasteiger partial charge on any atom is -0.245 e. The Hall–Kier alpha value is -2.74. The van der Waals surface area contributed by atoms with Crippen LogP contribution in [-0.2, 0) is 9.73 Å². The Morgan fingerprint density at radius 2 is 1.10 bits per heavy atom. The fourth-order valence-corrected chi connectivity index (χ4v) is 9.24. The predicted molar refractivity (Wildman–Crippen MR) is 134 cm³/mol. The van der Waals surface area contributed by atoms with Gasteiger partial charge in [-0.3, -0.25) is 0 Å². The lowest BCUT2D eigenvalue weighted by atomic mass is 10.2. The van der Waals surface area contributed by atoms with Gasteiger partial charge in [-0.2, -0.15) is 0 Å². The molecule has 2 atom stereocenters. The summed E-state index contributed by atoms with van der Waals surface area (Å²) in [6, 6.07) is 41.4. The summed E-state index contributed by atoms with van der Waals surface area (Å²) in [7, 11) is -1.68. The Bertz CT molecular complexity index is 1170. The first-order valence-corrected chi connectivity index (χ1v) is 13.4. The Morgan fingerprint density at radius 3 is 1.55 bits per heavy atom. The van der Waals surface area contributed by atoms with E-state index >= 15 is 0 Å². The number of rotatable bonds is 7. The van der Waals surface area contributed by atoms with Gasteiger partial charge in [0.1, 0.15) is 0 Å². The van der Waals surface area contributed by atoms with E-state index in [1.54, 1.807) is 7.05 Å². The number of hydrogen-bond acceptors (Lipinski definition) is 2. The van der Waals surface area contributed by atoms with Gasteiger partial charge in [0.15, 0.2) is 0 Å². The van der Waals surface area contributed by atoms with Crippen LogP contribution < -0.4 is 10.6 Å². The summed E-state index contributed by atoms with van der Waals surface area (Å²) in [5.41, 5.74) is 1.27. The first-order chi connectivity index (χ1) is 15.2. The lowest BCUT2D eigenvalue weighted by Gasteiger charge is -2.30. The second-order valence-electron chi connectivity index (χ2n) is 7.27. The molecule has 0 N–H and O–H groups in total. The molecular weight excluding hydrogens is 417 g/mol. The number of benzene rings is 4. The quantitative estimate of drug-likeness (QED) is 0.321. The molecule has 31 heavy (non-hydrogen) atoms. The average Bonchev–Trinajstić information content (AvgIpc) is 2.86. The predicted octanol–water partition coefficient (Wildman–Crippen LogP) is 6.02. The Morgan fingerprint density at radius 1 is 0.677 bits per heavy atom. The van der Waals surface area contributed by atoms with E-state index in [0.717, 1.165) is 4.90 Å². The van der Waals surface area contributed by atoms with E-state index in [2.05, 4.69) is 77.2 Å². The van der Waals surface area contributed by atoms with Crippen molar-refractivity contribution in [3.05, 3.63) is 127 Å². The molecule has 4 aromatic rings. The maximum atomic E-state index is 14.2. The van der Waals surface area contributed by atoms with Crippen LogP contribution in [-0.4, -0.2) is 17.0 Å². The molecule has 0 saturated heterocycles. The van der Waals surface area contributed by atoms with Gasteiger partial charge in [-0.15, -0.1) is 0 Å². The molecule has 156 valence electrons. The van der Waals surface area contributed by atoms with E-state index in [1.165, 1.54) is 16.2 Å². The standard InChI is InChI=1S/C27H26NOPS/c1-28-31(29,26-20-12-5-13-21-26)22-27(23-14-6-2-7-15-23)30(24-16-8-3-9-17-24)25-18-10-4-11-19-25/h2-21,27H,22H2,1H3/t27-,31-/m0/s1. The summed E-state index contributed by atoms with van der Waals surface area (Å²) in [5, 5.41) is 2.56. The van der Waals surface area contributed by atoms with Crippen molar-refractivity contribution in [3.8, 4) is 0 Å². The van der Waals surface area contributed by atoms with Crippen molar-refractivity contribution in [2.24, 2.45) is 4.36 Å². The van der Waals surface area contributed by atoms with Crippen LogP contribution in [0.1, 0.15) is 11.2 Å². The van der Waals surface area contributed by atoms with Gasteiger partial charge in [0.05, 0.1) is 9.73 Å². The molecule has 2 nitrogen and oxygen atoms in total. The topological polar surface area (TPSA) is 29.4 Å². The summed E-state index contributed by atoms with van der Waals surface area (Å²) in [4.78, 5) is 0.800. The van der Waals surface area contributed by atoms with Crippen LogP contribution in [0.5, 0.6) is 0 Å². The van der Waals surface area contributed by atoms with Gasteiger partial charge in [0.25, 0.3) is 0 Å². The van der Waals surface area contributed by atoms with Crippen molar-refractivity contribution < 1.29 is 4.21 Å². The molecule has 0 saturated carbocycles. The van der Waals surface area contributed by atoms with Gasteiger partial charge < -0.3 is 0 Å². The van der Waals surface area contributed by atoms with E-state index in [4.69, 9.17) is 0 Å². The van der Waals surface area contributed by atoms with Crippen molar-refractivity contribution in [3.63, 3.8) is 0 Å². The fraction of sp³-hybridized carbons (Fsp3) is 0.111. The average molecular weight is 444 g/mol. The number of hydrogen-bond donors (Lipinski definition) is 0. The van der Waals surface area contributed by atoms with Gasteiger partial charge in [-0.05, 0) is 36.2 Å². The van der Waals surface area contributed by atoms with E-state index < -0.39 is 17.7 Å². The van der Waals surface area contributed by atoms with E-state index in [1.807, 2.05) is 48.5 Å². The summed E-state index contributed by atoms with van der Waals surface area (Å²) < 4.78 is 18.6. The molecule has 0 aliphatic rings. The monoisotopic (exact) mass is 443 g/mol. The SMILES string of the molecule is CN=[S@](=O)(C[C@@H](c1ccccc1)P(c1ccccc1)c1ccccc1)c1ccccc1. The molecule has 0 radical (unpaired) electrons. The van der Waals surface area contributed by atoms with Crippen molar-refractivity contribution in [2.45, 2.75) is 10.6 Å². The van der Waals surface area contributed by atoms with Gasteiger partial charge in [0, 0.05) is 23.4 Å². The zero-order chi connectivity index (χ0) is 21.5. The minimum absolute atomic E-state index is 0.0670. The summed E-state index contributed by atoms with van der Waals surface area (Å²) >= 11 is 0. The minimum atomic E-state index is -2.57. The molecule has 0 aromatic heterocycles. The molecule has 4 rings (SSSR count). The van der Waals surface area contributed by atoms with Gasteiger partial charge >= 0.3 is 0 Å². The summed E-state index contributed by atoms with van der Waals surface area (Å²) in [5.74, 6) is 0.479. The van der Waals surface area contributed by atoms with Crippen LogP contribution in [0.2, 0.25) is 0 Å². The van der Waals surface area contributed by atoms with Gasteiger partial charge in [0.2, 0.25) is 0 Å². The maximum absolute atomic E-state index is 14.2. The second-order valence-corrected chi connectivity index (χ2v) is 12.1. The first-order valence-electron chi connectivity index (χ1n) is 10.3. The van der Waals surface area contributed by atoms with Crippen molar-refractivity contribution in [1.82, 2.24) is 0 Å². The van der Waals surface area contributed by atoms with E-state index in [0.29, 0.717) is 5.75 Å². The molecule has 0 fully saturated rings. The van der Waals surface area contributed by atoms with E-state index in [-0.39, 0.29) is 5.66 Å². The molecule has 4 aromatic carbocycles. The second kappa shape index (κ2) is 10.0. The molecule has 4 heteroatoms. The Balaban J connectivity index is 1.89. The molecular formula is C27H26NOPS. The van der Waals surface area contributed by atoms with Crippen LogP contribution in [0.25, 0.3) is 0 Å². The Labute approximate surface area is 186 Å². The van der Waals surface area contributed by atoms with Crippen molar-refractivity contribution in [1.29, 1.82) is 0 Å². The molecule has 0 bridgehead atoms. The van der Waals surface area contributed by atoms with Gasteiger partial charge in [-0.1, -0.05) is 109 Å². The zero-order valence-electron chi connectivity index (χ0n) is 17.5. The molecule has 0 heterocycles. The first kappa shape index (κ1) is 21.5. The third-order valence-electron chi connectivity index (χ3n) is 5.35. The maximum Gasteiger partial charge on any atom is 0.0759 e.